The zero-order valence-electron chi connectivity index (χ0n) is 14.9. The summed E-state index contributed by atoms with van der Waals surface area (Å²) in [5.41, 5.74) is 1.86. The Kier molecular flexibility index (Phi) is 3.69. The van der Waals surface area contributed by atoms with Gasteiger partial charge in [0, 0.05) is 6.42 Å². The van der Waals surface area contributed by atoms with Crippen molar-refractivity contribution in [1.29, 1.82) is 0 Å². The van der Waals surface area contributed by atoms with Crippen LogP contribution in [0.2, 0.25) is 0 Å². The molecule has 3 unspecified atom stereocenters. The van der Waals surface area contributed by atoms with Crippen LogP contribution >= 0.6 is 0 Å². The Labute approximate surface area is 156 Å². The van der Waals surface area contributed by atoms with Crippen LogP contribution in [0.25, 0.3) is 0 Å². The van der Waals surface area contributed by atoms with Crippen LogP contribution < -0.4 is 10.6 Å². The van der Waals surface area contributed by atoms with Crippen LogP contribution in [0, 0.1) is 11.8 Å². The lowest BCUT2D eigenvalue weighted by atomic mass is 9.80. The molecule has 4 amide bonds. The summed E-state index contributed by atoms with van der Waals surface area (Å²) in [6, 6.07) is 4.66. The summed E-state index contributed by atoms with van der Waals surface area (Å²) in [7, 11) is 0. The fourth-order valence-electron chi connectivity index (χ4n) is 5.32. The van der Waals surface area contributed by atoms with Crippen LogP contribution in [0.15, 0.2) is 18.2 Å². The van der Waals surface area contributed by atoms with Gasteiger partial charge in [-0.3, -0.25) is 29.4 Å². The molecule has 2 N–H and O–H groups in total. The molecule has 3 fully saturated rings. The van der Waals surface area contributed by atoms with Crippen LogP contribution in [0.4, 0.5) is 0 Å². The van der Waals surface area contributed by atoms with E-state index in [4.69, 9.17) is 0 Å². The molecule has 0 radical (unpaired) electrons. The molecule has 4 aliphatic rings. The van der Waals surface area contributed by atoms with Gasteiger partial charge in [0.15, 0.2) is 0 Å². The van der Waals surface area contributed by atoms with Crippen molar-refractivity contribution in [2.45, 2.75) is 37.6 Å². The molecular weight excluding hydrogens is 346 g/mol. The van der Waals surface area contributed by atoms with Gasteiger partial charge >= 0.3 is 0 Å². The minimum atomic E-state index is -0.909. The summed E-state index contributed by atoms with van der Waals surface area (Å²) in [6.45, 7) is 1.99. The van der Waals surface area contributed by atoms with Gasteiger partial charge in [0.2, 0.25) is 11.8 Å². The summed E-state index contributed by atoms with van der Waals surface area (Å²) < 4.78 is 0. The van der Waals surface area contributed by atoms with Crippen molar-refractivity contribution in [1.82, 2.24) is 15.5 Å². The first kappa shape index (κ1) is 16.6. The predicted molar refractivity (Wildman–Crippen MR) is 94.9 cm³/mol. The van der Waals surface area contributed by atoms with E-state index in [2.05, 4.69) is 10.6 Å². The monoisotopic (exact) mass is 367 g/mol. The molecule has 0 aromatic heterocycles. The molecule has 3 atom stereocenters. The van der Waals surface area contributed by atoms with Crippen molar-refractivity contribution in [3.05, 3.63) is 34.9 Å². The van der Waals surface area contributed by atoms with E-state index in [1.54, 1.807) is 6.07 Å². The fourth-order valence-corrected chi connectivity index (χ4v) is 5.32. The van der Waals surface area contributed by atoms with Gasteiger partial charge in [-0.15, -0.1) is 0 Å². The number of carbonyl (C=O) groups excluding carboxylic acids is 4. The average molecular weight is 367 g/mol. The molecule has 3 aliphatic heterocycles. The van der Waals surface area contributed by atoms with Gasteiger partial charge in [-0.05, 0) is 67.8 Å². The number of carbonyl (C=O) groups is 4. The summed E-state index contributed by atoms with van der Waals surface area (Å²) in [5.74, 6) is -0.240. The molecule has 1 aromatic rings. The summed E-state index contributed by atoms with van der Waals surface area (Å²) in [4.78, 5) is 50.3. The van der Waals surface area contributed by atoms with Gasteiger partial charge in [-0.1, -0.05) is 6.07 Å². The lowest BCUT2D eigenvalue weighted by Gasteiger charge is -2.31. The maximum Gasteiger partial charge on any atom is 0.262 e. The third-order valence-electron chi connectivity index (χ3n) is 6.59. The molecule has 3 heterocycles. The highest BCUT2D eigenvalue weighted by Crippen LogP contribution is 2.46. The number of rotatable bonds is 2. The highest BCUT2D eigenvalue weighted by molar-refractivity contribution is 6.23. The van der Waals surface area contributed by atoms with Crippen LogP contribution in [-0.4, -0.2) is 47.7 Å². The number of hydrogen-bond donors (Lipinski definition) is 2. The maximum atomic E-state index is 13.0. The largest absolute Gasteiger partial charge is 0.316 e. The van der Waals surface area contributed by atoms with Crippen molar-refractivity contribution in [3.8, 4) is 0 Å². The average Bonchev–Trinajstić information content (AvgIpc) is 3.05. The number of imide groups is 2. The van der Waals surface area contributed by atoms with E-state index >= 15 is 0 Å². The zero-order valence-corrected chi connectivity index (χ0v) is 14.9. The minimum Gasteiger partial charge on any atom is -0.316 e. The topological polar surface area (TPSA) is 95.6 Å². The van der Waals surface area contributed by atoms with E-state index in [9.17, 15) is 19.2 Å². The van der Waals surface area contributed by atoms with E-state index in [0.717, 1.165) is 23.6 Å². The molecule has 140 valence electrons. The first-order valence-electron chi connectivity index (χ1n) is 9.61. The standard InChI is InChI=1S/C20H21N3O4/c24-16-6-5-15(18(25)22-16)23-19(26)13-4-3-10(7-14(13)20(23)27)17-11-1-2-12(17)9-21-8-11/h3-4,7,11-12,15,17,21H,1-2,5-6,8-9H2,(H,22,24,25). The van der Waals surface area contributed by atoms with Crippen LogP contribution in [0.3, 0.4) is 0 Å². The number of nitrogens with zero attached hydrogens (tertiary/aromatic N) is 1. The summed E-state index contributed by atoms with van der Waals surface area (Å²) in [6.07, 6.45) is 2.69. The second kappa shape index (κ2) is 5.99. The van der Waals surface area contributed by atoms with Crippen molar-refractivity contribution in [2.75, 3.05) is 13.1 Å². The number of fused-ring (bicyclic) bond motifs is 3. The van der Waals surface area contributed by atoms with Gasteiger partial charge < -0.3 is 5.32 Å². The Hall–Kier alpha value is -2.54. The molecule has 27 heavy (non-hydrogen) atoms. The summed E-state index contributed by atoms with van der Waals surface area (Å²) >= 11 is 0. The molecule has 7 heteroatoms. The Bertz CT molecular complexity index is 864. The van der Waals surface area contributed by atoms with Gasteiger partial charge in [0.05, 0.1) is 11.1 Å². The minimum absolute atomic E-state index is 0.132. The molecule has 0 spiro atoms. The number of benzene rings is 1. The quantitative estimate of drug-likeness (QED) is 0.754. The Morgan fingerprint density at radius 2 is 1.59 bits per heavy atom. The molecule has 2 saturated heterocycles. The lowest BCUT2D eigenvalue weighted by Crippen LogP contribution is -2.54. The Morgan fingerprint density at radius 3 is 2.30 bits per heavy atom. The van der Waals surface area contributed by atoms with E-state index < -0.39 is 23.8 Å². The SMILES string of the molecule is O=C1CCC(N2C(=O)c3ccc(C4C5CCC4CNC5)cc3C2=O)C(=O)N1. The summed E-state index contributed by atoms with van der Waals surface area (Å²) in [5, 5.41) is 5.70. The molecule has 1 aliphatic carbocycles. The van der Waals surface area contributed by atoms with Crippen molar-refractivity contribution < 1.29 is 19.2 Å². The fraction of sp³-hybridized carbons (Fsp3) is 0.500. The first-order valence-corrected chi connectivity index (χ1v) is 9.61. The van der Waals surface area contributed by atoms with Gasteiger partial charge in [0.25, 0.3) is 11.8 Å². The highest BCUT2D eigenvalue weighted by atomic mass is 16.2. The van der Waals surface area contributed by atoms with Crippen LogP contribution in [0.1, 0.15) is 57.9 Å². The van der Waals surface area contributed by atoms with E-state index in [0.29, 0.717) is 28.9 Å². The van der Waals surface area contributed by atoms with Crippen molar-refractivity contribution >= 4 is 23.6 Å². The van der Waals surface area contributed by atoms with E-state index in [1.165, 1.54) is 12.8 Å². The second-order valence-corrected chi connectivity index (χ2v) is 8.03. The van der Waals surface area contributed by atoms with Gasteiger partial charge in [-0.25, -0.2) is 0 Å². The number of hydrogen-bond acceptors (Lipinski definition) is 5. The molecule has 1 aromatic carbocycles. The molecule has 2 bridgehead atoms. The highest BCUT2D eigenvalue weighted by Gasteiger charge is 2.46. The first-order chi connectivity index (χ1) is 13.0. The van der Waals surface area contributed by atoms with Crippen molar-refractivity contribution in [2.24, 2.45) is 11.8 Å². The van der Waals surface area contributed by atoms with E-state index in [1.807, 2.05) is 12.1 Å². The number of piperidine rings is 2. The number of nitrogens with one attached hydrogen (secondary N) is 2. The molecular formula is C20H21N3O4. The van der Waals surface area contributed by atoms with Crippen molar-refractivity contribution in [3.63, 3.8) is 0 Å². The Balaban J connectivity index is 1.47. The molecule has 1 saturated carbocycles. The van der Waals surface area contributed by atoms with Crippen LogP contribution in [-0.2, 0) is 9.59 Å². The molecule has 5 rings (SSSR count). The van der Waals surface area contributed by atoms with Gasteiger partial charge in [-0.2, -0.15) is 0 Å². The third-order valence-corrected chi connectivity index (χ3v) is 6.59. The van der Waals surface area contributed by atoms with Gasteiger partial charge in [0.1, 0.15) is 6.04 Å². The second-order valence-electron chi connectivity index (χ2n) is 8.03. The number of amides is 4. The predicted octanol–water partition coefficient (Wildman–Crippen LogP) is 0.801. The van der Waals surface area contributed by atoms with E-state index in [-0.39, 0.29) is 18.7 Å². The smallest absolute Gasteiger partial charge is 0.262 e. The normalized spacial score (nSPS) is 32.7. The Morgan fingerprint density at radius 1 is 0.889 bits per heavy atom. The lowest BCUT2D eigenvalue weighted by molar-refractivity contribution is -0.136. The molecule has 7 nitrogen and oxygen atoms in total. The third kappa shape index (κ3) is 2.45. The van der Waals surface area contributed by atoms with Crippen LogP contribution in [0.5, 0.6) is 0 Å². The zero-order chi connectivity index (χ0) is 18.7. The maximum absolute atomic E-state index is 13.0.